The molecule has 0 aromatic heterocycles. The van der Waals surface area contributed by atoms with Gasteiger partial charge in [-0.2, -0.15) is 0 Å². The van der Waals surface area contributed by atoms with Crippen molar-refractivity contribution in [3.8, 4) is 0 Å². The third-order valence-electron chi connectivity index (χ3n) is 15.3. The first-order valence-electron chi connectivity index (χ1n) is 20.7. The fraction of sp³-hybridized carbons (Fsp3) is 0.604. The summed E-state index contributed by atoms with van der Waals surface area (Å²) < 4.78 is 6.21. The molecule has 2 nitrogen and oxygen atoms in total. The van der Waals surface area contributed by atoms with Crippen LogP contribution in [0, 0.1) is 46.3 Å². The molecule has 0 radical (unpaired) electrons. The Kier molecular flexibility index (Phi) is 9.31. The summed E-state index contributed by atoms with van der Waals surface area (Å²) in [6.45, 7) is 12.6. The van der Waals surface area contributed by atoms with Gasteiger partial charge in [0.15, 0.2) is 0 Å². The standard InChI is InChI=1S/C48H62O2/c1-31(2)10-8-11-32(3)41-24-25-42-40-23-21-37-30-38(26-28-47(37,4)43(40)27-29-48(41,42)5)50-44(49)15-7-6-12-33-16-17-36-19-18-34-13-9-14-35-20-22-39(33)46(36)45(34)35/h9,13-14,16-22,31-32,38,40-43H,6-8,10-12,15,23-30H2,1-5H3/t32-,38?,40+,41-,42+,43+,47+,48-/m1/s1. The number of esters is 1. The zero-order chi connectivity index (χ0) is 34.6. The van der Waals surface area contributed by atoms with Gasteiger partial charge in [0.2, 0.25) is 0 Å². The maximum Gasteiger partial charge on any atom is 0.306 e. The van der Waals surface area contributed by atoms with Crippen molar-refractivity contribution in [1.29, 1.82) is 0 Å². The Morgan fingerprint density at radius 2 is 1.56 bits per heavy atom. The normalized spacial score (nSPS) is 31.5. The minimum Gasteiger partial charge on any atom is -0.462 e. The molecule has 0 amide bonds. The van der Waals surface area contributed by atoms with Crippen LogP contribution in [-0.4, -0.2) is 12.1 Å². The number of aryl methyl sites for hydroxylation is 1. The van der Waals surface area contributed by atoms with Gasteiger partial charge in [-0.3, -0.25) is 4.79 Å². The van der Waals surface area contributed by atoms with Crippen molar-refractivity contribution in [2.75, 3.05) is 0 Å². The molecule has 0 heterocycles. The van der Waals surface area contributed by atoms with E-state index < -0.39 is 0 Å². The SMILES string of the molecule is CC(C)CCC[C@@H](C)[C@H]1CC[C@H]2[C@@H]3CC=C4CC(OC(=O)CCCCc5ccc6ccc7cccc8ccc5c6c78)CC[C@]4(C)[C@H]3CC[C@]12C. The van der Waals surface area contributed by atoms with Crippen LogP contribution in [0.3, 0.4) is 0 Å². The molecule has 50 heavy (non-hydrogen) atoms. The molecule has 0 N–H and O–H groups in total. The van der Waals surface area contributed by atoms with Gasteiger partial charge in [0.1, 0.15) is 6.10 Å². The van der Waals surface area contributed by atoms with Gasteiger partial charge in [-0.1, -0.05) is 120 Å². The van der Waals surface area contributed by atoms with Gasteiger partial charge < -0.3 is 4.74 Å². The van der Waals surface area contributed by atoms with E-state index in [1.165, 1.54) is 95.7 Å². The lowest BCUT2D eigenvalue weighted by atomic mass is 9.47. The van der Waals surface area contributed by atoms with Gasteiger partial charge in [0, 0.05) is 12.8 Å². The Bertz CT molecular complexity index is 1850. The van der Waals surface area contributed by atoms with E-state index in [-0.39, 0.29) is 12.1 Å². The number of hydrogen-bond donors (Lipinski definition) is 0. The molecule has 4 aliphatic carbocycles. The van der Waals surface area contributed by atoms with E-state index in [0.717, 1.165) is 67.6 Å². The van der Waals surface area contributed by atoms with E-state index in [4.69, 9.17) is 4.74 Å². The number of rotatable bonds is 11. The van der Waals surface area contributed by atoms with E-state index in [0.29, 0.717) is 17.3 Å². The molecular weight excluding hydrogens is 609 g/mol. The summed E-state index contributed by atoms with van der Waals surface area (Å²) in [4.78, 5) is 13.1. The summed E-state index contributed by atoms with van der Waals surface area (Å²) in [6.07, 6.45) is 20.5. The lowest BCUT2D eigenvalue weighted by Crippen LogP contribution is -2.51. The average Bonchev–Trinajstić information content (AvgIpc) is 3.47. The lowest BCUT2D eigenvalue weighted by Gasteiger charge is -2.58. The number of carbonyl (C=O) groups is 1. The van der Waals surface area contributed by atoms with Crippen molar-refractivity contribution in [2.24, 2.45) is 46.3 Å². The first kappa shape index (κ1) is 34.2. The van der Waals surface area contributed by atoms with Gasteiger partial charge in [0.25, 0.3) is 0 Å². The molecule has 0 aliphatic heterocycles. The summed E-state index contributed by atoms with van der Waals surface area (Å²) in [5.74, 6) is 5.17. The molecule has 4 aromatic rings. The Morgan fingerprint density at radius 1 is 0.800 bits per heavy atom. The molecule has 266 valence electrons. The van der Waals surface area contributed by atoms with Gasteiger partial charge in [0.05, 0.1) is 0 Å². The van der Waals surface area contributed by atoms with Crippen molar-refractivity contribution >= 4 is 38.3 Å². The van der Waals surface area contributed by atoms with Gasteiger partial charge >= 0.3 is 5.97 Å². The fourth-order valence-corrected chi connectivity index (χ4v) is 12.6. The third kappa shape index (κ3) is 5.99. The topological polar surface area (TPSA) is 26.3 Å². The number of ether oxygens (including phenoxy) is 1. The second kappa shape index (κ2) is 13.6. The molecule has 1 unspecified atom stereocenters. The predicted octanol–water partition coefficient (Wildman–Crippen LogP) is 13.2. The smallest absolute Gasteiger partial charge is 0.306 e. The van der Waals surface area contributed by atoms with Crippen LogP contribution in [0.25, 0.3) is 32.3 Å². The van der Waals surface area contributed by atoms with Crippen LogP contribution in [0.5, 0.6) is 0 Å². The minimum atomic E-state index is 0.0104. The predicted molar refractivity (Wildman–Crippen MR) is 211 cm³/mol. The molecule has 8 atom stereocenters. The van der Waals surface area contributed by atoms with Crippen LogP contribution in [0.4, 0.5) is 0 Å². The van der Waals surface area contributed by atoms with Crippen molar-refractivity contribution in [3.63, 3.8) is 0 Å². The highest BCUT2D eigenvalue weighted by molar-refractivity contribution is 6.23. The van der Waals surface area contributed by atoms with Crippen LogP contribution in [0.2, 0.25) is 0 Å². The molecule has 4 aromatic carbocycles. The van der Waals surface area contributed by atoms with E-state index in [1.54, 1.807) is 5.57 Å². The molecule has 3 fully saturated rings. The zero-order valence-electron chi connectivity index (χ0n) is 31.7. The molecular formula is C48H62O2. The quantitative estimate of drug-likeness (QED) is 0.0687. The second-order valence-corrected chi connectivity index (χ2v) is 18.4. The van der Waals surface area contributed by atoms with Gasteiger partial charge in [-0.15, -0.1) is 0 Å². The maximum absolute atomic E-state index is 13.1. The Morgan fingerprint density at radius 3 is 2.36 bits per heavy atom. The lowest BCUT2D eigenvalue weighted by molar-refractivity contribution is -0.151. The summed E-state index contributed by atoms with van der Waals surface area (Å²) in [5, 5.41) is 8.08. The zero-order valence-corrected chi connectivity index (χ0v) is 31.7. The van der Waals surface area contributed by atoms with E-state index in [1.807, 2.05) is 0 Å². The molecule has 0 spiro atoms. The second-order valence-electron chi connectivity index (χ2n) is 18.4. The molecule has 2 heteroatoms. The first-order valence-corrected chi connectivity index (χ1v) is 20.7. The third-order valence-corrected chi connectivity index (χ3v) is 15.3. The highest BCUT2D eigenvalue weighted by Gasteiger charge is 2.59. The van der Waals surface area contributed by atoms with E-state index >= 15 is 0 Å². The van der Waals surface area contributed by atoms with Crippen LogP contribution in [-0.2, 0) is 16.0 Å². The largest absolute Gasteiger partial charge is 0.462 e. The number of allylic oxidation sites excluding steroid dienone is 1. The van der Waals surface area contributed by atoms with Crippen LogP contribution >= 0.6 is 0 Å². The maximum atomic E-state index is 13.1. The number of hydrogen-bond acceptors (Lipinski definition) is 2. The number of fused-ring (bicyclic) bond motifs is 5. The number of benzene rings is 4. The van der Waals surface area contributed by atoms with Gasteiger partial charge in [-0.05, 0) is 148 Å². The van der Waals surface area contributed by atoms with Gasteiger partial charge in [-0.25, -0.2) is 0 Å². The van der Waals surface area contributed by atoms with Crippen LogP contribution < -0.4 is 0 Å². The minimum absolute atomic E-state index is 0.0104. The highest BCUT2D eigenvalue weighted by atomic mass is 16.5. The number of unbranched alkanes of at least 4 members (excludes halogenated alkanes) is 1. The molecule has 0 saturated heterocycles. The molecule has 8 rings (SSSR count). The van der Waals surface area contributed by atoms with E-state index in [2.05, 4.69) is 95.3 Å². The summed E-state index contributed by atoms with van der Waals surface area (Å²) >= 11 is 0. The van der Waals surface area contributed by atoms with Crippen molar-refractivity contribution in [2.45, 2.75) is 137 Å². The summed E-state index contributed by atoms with van der Waals surface area (Å²) in [7, 11) is 0. The first-order chi connectivity index (χ1) is 24.2. The Labute approximate surface area is 302 Å². The Hall–Kier alpha value is -2.87. The van der Waals surface area contributed by atoms with E-state index in [9.17, 15) is 4.79 Å². The van der Waals surface area contributed by atoms with Crippen molar-refractivity contribution in [1.82, 2.24) is 0 Å². The highest BCUT2D eigenvalue weighted by Crippen LogP contribution is 2.67. The number of carbonyl (C=O) groups excluding carboxylic acids is 1. The molecule has 0 bridgehead atoms. The monoisotopic (exact) mass is 670 g/mol. The van der Waals surface area contributed by atoms with Crippen molar-refractivity contribution < 1.29 is 9.53 Å². The summed E-state index contributed by atoms with van der Waals surface area (Å²) in [6, 6.07) is 20.3. The molecule has 3 saturated carbocycles. The van der Waals surface area contributed by atoms with Crippen LogP contribution in [0.15, 0.2) is 66.2 Å². The molecule has 4 aliphatic rings. The average molecular weight is 671 g/mol. The summed E-state index contributed by atoms with van der Waals surface area (Å²) in [5.41, 5.74) is 3.85. The van der Waals surface area contributed by atoms with Crippen molar-refractivity contribution in [3.05, 3.63) is 71.8 Å². The fourth-order valence-electron chi connectivity index (χ4n) is 12.6. The Balaban J connectivity index is 0.849. The van der Waals surface area contributed by atoms with Crippen LogP contribution in [0.1, 0.15) is 130 Å².